The number of carbonyl (C=O) groups excluding carboxylic acids is 2. The molecule has 1 aliphatic rings. The first-order valence-electron chi connectivity index (χ1n) is 10.8. The molecule has 2 aromatic heterocycles. The summed E-state index contributed by atoms with van der Waals surface area (Å²) in [4.78, 5) is 29.0. The van der Waals surface area contributed by atoms with Crippen LogP contribution in [0.5, 0.6) is 0 Å². The minimum atomic E-state index is -0.0988. The number of amides is 2. The van der Waals surface area contributed by atoms with Crippen LogP contribution in [0.3, 0.4) is 0 Å². The highest BCUT2D eigenvalue weighted by atomic mass is 16.2. The second-order valence-electron chi connectivity index (χ2n) is 7.96. The summed E-state index contributed by atoms with van der Waals surface area (Å²) < 4.78 is 1.65. The van der Waals surface area contributed by atoms with E-state index in [9.17, 15) is 9.59 Å². The minimum Gasteiger partial charge on any atom is -0.352 e. The first-order valence-corrected chi connectivity index (χ1v) is 10.8. The molecule has 7 nitrogen and oxygen atoms in total. The number of carbonyl (C=O) groups is 2. The van der Waals surface area contributed by atoms with Gasteiger partial charge in [0.25, 0.3) is 5.91 Å². The van der Waals surface area contributed by atoms with Crippen molar-refractivity contribution in [1.82, 2.24) is 19.9 Å². The van der Waals surface area contributed by atoms with Crippen molar-refractivity contribution in [3.05, 3.63) is 84.1 Å². The van der Waals surface area contributed by atoms with Gasteiger partial charge in [0, 0.05) is 29.8 Å². The summed E-state index contributed by atoms with van der Waals surface area (Å²) in [7, 11) is 0. The maximum atomic E-state index is 12.5. The molecule has 7 heteroatoms. The van der Waals surface area contributed by atoms with Gasteiger partial charge >= 0.3 is 0 Å². The van der Waals surface area contributed by atoms with Gasteiger partial charge in [0.15, 0.2) is 5.65 Å². The normalized spacial score (nSPS) is 13.1. The summed E-state index contributed by atoms with van der Waals surface area (Å²) in [6.07, 6.45) is 4.44. The van der Waals surface area contributed by atoms with Crippen molar-refractivity contribution in [3.63, 3.8) is 0 Å². The van der Waals surface area contributed by atoms with Gasteiger partial charge in [-0.15, -0.1) is 5.10 Å². The average molecular weight is 425 g/mol. The fourth-order valence-electron chi connectivity index (χ4n) is 3.61. The van der Waals surface area contributed by atoms with Crippen molar-refractivity contribution in [3.8, 4) is 11.1 Å². The van der Waals surface area contributed by atoms with E-state index in [0.29, 0.717) is 23.7 Å². The number of fused-ring (bicyclic) bond motifs is 1. The Morgan fingerprint density at radius 2 is 1.75 bits per heavy atom. The quantitative estimate of drug-likeness (QED) is 0.472. The maximum Gasteiger partial charge on any atom is 0.251 e. The molecule has 2 heterocycles. The Labute approximate surface area is 185 Å². The first kappa shape index (κ1) is 19.9. The highest BCUT2D eigenvalue weighted by molar-refractivity contribution is 5.95. The van der Waals surface area contributed by atoms with Crippen molar-refractivity contribution in [2.75, 3.05) is 11.9 Å². The predicted octanol–water partition coefficient (Wildman–Crippen LogP) is 3.72. The van der Waals surface area contributed by atoms with Crippen LogP contribution in [-0.4, -0.2) is 33.0 Å². The number of benzene rings is 2. The SMILES string of the molecule is O=C(NCCc1ccccc1)c1ccc(-c2cccn3nc(NC(=O)C4CC4)nc23)cc1. The molecule has 0 saturated heterocycles. The Morgan fingerprint density at radius 1 is 0.969 bits per heavy atom. The number of nitrogens with zero attached hydrogens (tertiary/aromatic N) is 3. The van der Waals surface area contributed by atoms with E-state index in [1.807, 2.05) is 54.6 Å². The van der Waals surface area contributed by atoms with Crippen molar-refractivity contribution in [2.45, 2.75) is 19.3 Å². The van der Waals surface area contributed by atoms with Crippen LogP contribution >= 0.6 is 0 Å². The number of hydrogen-bond acceptors (Lipinski definition) is 4. The van der Waals surface area contributed by atoms with Crippen LogP contribution in [0.25, 0.3) is 16.8 Å². The van der Waals surface area contributed by atoms with Crippen molar-refractivity contribution >= 4 is 23.4 Å². The maximum absolute atomic E-state index is 12.5. The largest absolute Gasteiger partial charge is 0.352 e. The van der Waals surface area contributed by atoms with E-state index in [4.69, 9.17) is 0 Å². The standard InChI is InChI=1S/C25H23N5O2/c31-23(26-15-14-17-5-2-1-3-6-17)19-10-8-18(9-11-19)21-7-4-16-30-22(21)27-25(29-30)28-24(32)20-12-13-20/h1-11,16,20H,12-15H2,(H,26,31)(H,28,29,32). The average Bonchev–Trinajstić information content (AvgIpc) is 3.59. The van der Waals surface area contributed by atoms with Gasteiger partial charge in [-0.05, 0) is 54.7 Å². The number of pyridine rings is 1. The summed E-state index contributed by atoms with van der Waals surface area (Å²) in [6, 6.07) is 21.3. The molecule has 1 fully saturated rings. The number of nitrogens with one attached hydrogen (secondary N) is 2. The molecule has 2 amide bonds. The highest BCUT2D eigenvalue weighted by Gasteiger charge is 2.30. The molecule has 0 bridgehead atoms. The van der Waals surface area contributed by atoms with Crippen LogP contribution in [0.15, 0.2) is 72.9 Å². The molecule has 0 radical (unpaired) electrons. The van der Waals surface area contributed by atoms with E-state index in [-0.39, 0.29) is 17.7 Å². The Kier molecular flexibility index (Phi) is 5.37. The zero-order chi connectivity index (χ0) is 21.9. The van der Waals surface area contributed by atoms with Crippen LogP contribution in [0.2, 0.25) is 0 Å². The van der Waals surface area contributed by atoms with Gasteiger partial charge in [0.2, 0.25) is 11.9 Å². The number of anilines is 1. The molecule has 5 rings (SSSR count). The molecule has 1 aliphatic carbocycles. The third-order valence-electron chi connectivity index (χ3n) is 5.55. The van der Waals surface area contributed by atoms with E-state index >= 15 is 0 Å². The number of hydrogen-bond donors (Lipinski definition) is 2. The smallest absolute Gasteiger partial charge is 0.251 e. The van der Waals surface area contributed by atoms with Crippen molar-refractivity contribution < 1.29 is 9.59 Å². The summed E-state index contributed by atoms with van der Waals surface area (Å²) >= 11 is 0. The third kappa shape index (κ3) is 4.37. The second-order valence-corrected chi connectivity index (χ2v) is 7.96. The lowest BCUT2D eigenvalue weighted by atomic mass is 10.0. The van der Waals surface area contributed by atoms with Gasteiger partial charge in [-0.3, -0.25) is 14.9 Å². The molecule has 32 heavy (non-hydrogen) atoms. The molecule has 1 saturated carbocycles. The topological polar surface area (TPSA) is 88.4 Å². The molecule has 0 spiro atoms. The van der Waals surface area contributed by atoms with Gasteiger partial charge in [0.05, 0.1) is 0 Å². The molecular formula is C25H23N5O2. The first-order chi connectivity index (χ1) is 15.7. The number of rotatable bonds is 7. The van der Waals surface area contributed by atoms with Crippen LogP contribution < -0.4 is 10.6 Å². The van der Waals surface area contributed by atoms with E-state index in [1.165, 1.54) is 5.56 Å². The molecule has 4 aromatic rings. The Hall–Kier alpha value is -4.00. The van der Waals surface area contributed by atoms with Crippen molar-refractivity contribution in [2.24, 2.45) is 5.92 Å². The van der Waals surface area contributed by atoms with Gasteiger partial charge in [-0.25, -0.2) is 4.52 Å². The van der Waals surface area contributed by atoms with Gasteiger partial charge in [-0.1, -0.05) is 42.5 Å². The summed E-state index contributed by atoms with van der Waals surface area (Å²) in [6.45, 7) is 0.582. The number of aromatic nitrogens is 3. The molecule has 160 valence electrons. The van der Waals surface area contributed by atoms with Crippen LogP contribution in [-0.2, 0) is 11.2 Å². The molecule has 0 aliphatic heterocycles. The fraction of sp³-hybridized carbons (Fsp3) is 0.200. The minimum absolute atomic E-state index is 0.0231. The fourth-order valence-corrected chi connectivity index (χ4v) is 3.61. The van der Waals surface area contributed by atoms with Crippen LogP contribution in [0.1, 0.15) is 28.8 Å². The highest BCUT2D eigenvalue weighted by Crippen LogP contribution is 2.30. The van der Waals surface area contributed by atoms with E-state index in [2.05, 4.69) is 32.8 Å². The Bertz CT molecular complexity index is 1260. The predicted molar refractivity (Wildman–Crippen MR) is 122 cm³/mol. The summed E-state index contributed by atoms with van der Waals surface area (Å²) in [5, 5.41) is 10.1. The van der Waals surface area contributed by atoms with Gasteiger partial charge in [0.1, 0.15) is 0 Å². The molecule has 0 atom stereocenters. The Morgan fingerprint density at radius 3 is 2.50 bits per heavy atom. The second kappa shape index (κ2) is 8.63. The lowest BCUT2D eigenvalue weighted by Crippen LogP contribution is -2.25. The third-order valence-corrected chi connectivity index (χ3v) is 5.55. The summed E-state index contributed by atoms with van der Waals surface area (Å²) in [5.41, 5.74) is 4.25. The zero-order valence-corrected chi connectivity index (χ0v) is 17.5. The van der Waals surface area contributed by atoms with Gasteiger partial charge < -0.3 is 5.32 Å². The summed E-state index contributed by atoms with van der Waals surface area (Å²) in [5.74, 6) is 0.277. The lowest BCUT2D eigenvalue weighted by Gasteiger charge is -2.07. The van der Waals surface area contributed by atoms with E-state index < -0.39 is 0 Å². The molecule has 2 N–H and O–H groups in total. The van der Waals surface area contributed by atoms with E-state index in [0.717, 1.165) is 30.4 Å². The molecular weight excluding hydrogens is 402 g/mol. The molecule has 2 aromatic carbocycles. The Balaban J connectivity index is 1.28. The van der Waals surface area contributed by atoms with Gasteiger partial charge in [-0.2, -0.15) is 4.98 Å². The van der Waals surface area contributed by atoms with Crippen LogP contribution in [0.4, 0.5) is 5.95 Å². The lowest BCUT2D eigenvalue weighted by molar-refractivity contribution is -0.117. The van der Waals surface area contributed by atoms with E-state index in [1.54, 1.807) is 10.7 Å². The zero-order valence-electron chi connectivity index (χ0n) is 17.5. The van der Waals surface area contributed by atoms with Crippen molar-refractivity contribution in [1.29, 1.82) is 0 Å². The van der Waals surface area contributed by atoms with Crippen LogP contribution in [0, 0.1) is 5.92 Å². The monoisotopic (exact) mass is 425 g/mol. The molecule has 0 unspecified atom stereocenters.